The summed E-state index contributed by atoms with van der Waals surface area (Å²) >= 11 is 0. The highest BCUT2D eigenvalue weighted by Gasteiger charge is 2.30. The predicted molar refractivity (Wildman–Crippen MR) is 101 cm³/mol. The van der Waals surface area contributed by atoms with Gasteiger partial charge in [-0.25, -0.2) is 0 Å². The van der Waals surface area contributed by atoms with E-state index in [9.17, 15) is 18.0 Å². The van der Waals surface area contributed by atoms with Crippen LogP contribution in [0.25, 0.3) is 0 Å². The highest BCUT2D eigenvalue weighted by atomic mass is 19.4. The first-order chi connectivity index (χ1) is 13.2. The van der Waals surface area contributed by atoms with E-state index in [0.29, 0.717) is 23.7 Å². The average molecular weight is 396 g/mol. The van der Waals surface area contributed by atoms with E-state index in [0.717, 1.165) is 17.7 Å². The summed E-state index contributed by atoms with van der Waals surface area (Å²) in [6, 6.07) is 9.30. The number of anilines is 1. The van der Waals surface area contributed by atoms with Crippen molar-refractivity contribution >= 4 is 11.6 Å². The quantitative estimate of drug-likeness (QED) is 0.763. The molecule has 152 valence electrons. The third-order valence-electron chi connectivity index (χ3n) is 4.42. The zero-order valence-corrected chi connectivity index (χ0v) is 16.1. The fourth-order valence-corrected chi connectivity index (χ4v) is 2.67. The van der Waals surface area contributed by atoms with E-state index in [-0.39, 0.29) is 5.91 Å². The smallest absolute Gasteiger partial charge is 0.416 e. The second-order valence-electron chi connectivity index (χ2n) is 6.31. The maximum absolute atomic E-state index is 12.6. The number of ether oxygens (including phenoxy) is 2. The van der Waals surface area contributed by atoms with Crippen LogP contribution < -0.4 is 14.8 Å². The van der Waals surface area contributed by atoms with Crippen LogP contribution in [0.5, 0.6) is 11.5 Å². The number of nitrogens with one attached hydrogen (secondary N) is 1. The van der Waals surface area contributed by atoms with E-state index in [1.54, 1.807) is 39.2 Å². The molecule has 1 amide bonds. The van der Waals surface area contributed by atoms with Crippen molar-refractivity contribution < 1.29 is 27.4 Å². The van der Waals surface area contributed by atoms with Crippen molar-refractivity contribution in [3.8, 4) is 11.5 Å². The minimum Gasteiger partial charge on any atom is -0.493 e. The molecule has 1 atom stereocenters. The molecule has 28 heavy (non-hydrogen) atoms. The molecule has 0 spiro atoms. The SMILES string of the molecule is COc1cccc(CN(C)[C@@H](C)C(=O)Nc2ccc(C(F)(F)F)cc2)c1OC. The van der Waals surface area contributed by atoms with Crippen LogP contribution in [0.15, 0.2) is 42.5 Å². The average Bonchev–Trinajstić information content (AvgIpc) is 2.66. The molecule has 8 heteroatoms. The molecule has 0 radical (unpaired) electrons. The lowest BCUT2D eigenvalue weighted by Gasteiger charge is -2.25. The van der Waals surface area contributed by atoms with E-state index in [4.69, 9.17) is 9.47 Å². The molecular formula is C20H23F3N2O3. The van der Waals surface area contributed by atoms with Gasteiger partial charge in [0.2, 0.25) is 5.91 Å². The summed E-state index contributed by atoms with van der Waals surface area (Å²) in [5, 5.41) is 2.63. The summed E-state index contributed by atoms with van der Waals surface area (Å²) in [5.74, 6) is 0.853. The first-order valence-corrected chi connectivity index (χ1v) is 8.55. The van der Waals surface area contributed by atoms with Crippen molar-refractivity contribution in [2.45, 2.75) is 25.7 Å². The second-order valence-corrected chi connectivity index (χ2v) is 6.31. The van der Waals surface area contributed by atoms with E-state index in [1.807, 2.05) is 12.1 Å². The summed E-state index contributed by atoms with van der Waals surface area (Å²) in [4.78, 5) is 14.3. The summed E-state index contributed by atoms with van der Waals surface area (Å²) in [7, 11) is 4.86. The number of halogens is 3. The number of likely N-dealkylation sites (N-methyl/N-ethyl adjacent to an activating group) is 1. The number of hydrogen-bond acceptors (Lipinski definition) is 4. The predicted octanol–water partition coefficient (Wildman–Crippen LogP) is 4.18. The zero-order chi connectivity index (χ0) is 20.9. The molecule has 0 unspecified atom stereocenters. The van der Waals surface area contributed by atoms with Gasteiger partial charge in [-0.1, -0.05) is 12.1 Å². The minimum atomic E-state index is -4.41. The largest absolute Gasteiger partial charge is 0.493 e. The van der Waals surface area contributed by atoms with Crippen molar-refractivity contribution in [3.63, 3.8) is 0 Å². The van der Waals surface area contributed by atoms with Gasteiger partial charge in [0.25, 0.3) is 0 Å². The fraction of sp³-hybridized carbons (Fsp3) is 0.350. The van der Waals surface area contributed by atoms with Crippen LogP contribution >= 0.6 is 0 Å². The number of rotatable bonds is 7. The Hall–Kier alpha value is -2.74. The number of nitrogens with zero attached hydrogens (tertiary/aromatic N) is 1. The molecule has 5 nitrogen and oxygen atoms in total. The Bertz CT molecular complexity index is 807. The summed E-state index contributed by atoms with van der Waals surface area (Å²) < 4.78 is 48.6. The molecule has 0 aromatic heterocycles. The van der Waals surface area contributed by atoms with Crippen LogP contribution in [0.1, 0.15) is 18.1 Å². The molecular weight excluding hydrogens is 373 g/mol. The van der Waals surface area contributed by atoms with E-state index in [2.05, 4.69) is 5.32 Å². The Balaban J connectivity index is 2.05. The zero-order valence-electron chi connectivity index (χ0n) is 16.1. The Morgan fingerprint density at radius 2 is 1.75 bits per heavy atom. The topological polar surface area (TPSA) is 50.8 Å². The number of carbonyl (C=O) groups is 1. The molecule has 0 heterocycles. The molecule has 0 aliphatic carbocycles. The molecule has 0 aliphatic heterocycles. The lowest BCUT2D eigenvalue weighted by atomic mass is 10.1. The van der Waals surface area contributed by atoms with Crippen LogP contribution in [0.2, 0.25) is 0 Å². The van der Waals surface area contributed by atoms with Gasteiger partial charge < -0.3 is 14.8 Å². The monoisotopic (exact) mass is 396 g/mol. The van der Waals surface area contributed by atoms with Crippen molar-refractivity contribution in [1.29, 1.82) is 0 Å². The van der Waals surface area contributed by atoms with Crippen LogP contribution in [-0.4, -0.2) is 38.1 Å². The molecule has 1 N–H and O–H groups in total. The fourth-order valence-electron chi connectivity index (χ4n) is 2.67. The van der Waals surface area contributed by atoms with Gasteiger partial charge in [-0.3, -0.25) is 9.69 Å². The Labute approximate surface area is 162 Å². The van der Waals surface area contributed by atoms with Crippen LogP contribution in [0.4, 0.5) is 18.9 Å². The lowest BCUT2D eigenvalue weighted by Crippen LogP contribution is -2.39. The molecule has 0 saturated heterocycles. The van der Waals surface area contributed by atoms with Gasteiger partial charge in [-0.15, -0.1) is 0 Å². The molecule has 0 aliphatic rings. The molecule has 0 saturated carbocycles. The Kier molecular flexibility index (Phi) is 6.90. The van der Waals surface area contributed by atoms with E-state index < -0.39 is 17.8 Å². The number of hydrogen-bond donors (Lipinski definition) is 1. The summed E-state index contributed by atoms with van der Waals surface area (Å²) in [6.07, 6.45) is -4.41. The lowest BCUT2D eigenvalue weighted by molar-refractivity contribution is -0.137. The normalized spacial score (nSPS) is 12.6. The summed E-state index contributed by atoms with van der Waals surface area (Å²) in [6.45, 7) is 2.13. The number of carbonyl (C=O) groups excluding carboxylic acids is 1. The third-order valence-corrected chi connectivity index (χ3v) is 4.42. The maximum Gasteiger partial charge on any atom is 0.416 e. The number of benzene rings is 2. The van der Waals surface area contributed by atoms with Crippen molar-refractivity contribution in [1.82, 2.24) is 4.90 Å². The van der Waals surface area contributed by atoms with Crippen LogP contribution in [0.3, 0.4) is 0 Å². The minimum absolute atomic E-state index is 0.303. The third kappa shape index (κ3) is 5.16. The van der Waals surface area contributed by atoms with Crippen molar-refractivity contribution in [2.24, 2.45) is 0 Å². The van der Waals surface area contributed by atoms with Crippen LogP contribution in [0, 0.1) is 0 Å². The van der Waals surface area contributed by atoms with Gasteiger partial charge in [0.15, 0.2) is 11.5 Å². The van der Waals surface area contributed by atoms with Crippen molar-refractivity contribution in [2.75, 3.05) is 26.6 Å². The second kappa shape index (κ2) is 8.97. The maximum atomic E-state index is 12.6. The van der Waals surface area contributed by atoms with Crippen molar-refractivity contribution in [3.05, 3.63) is 53.6 Å². The first kappa shape index (κ1) is 21.6. The van der Waals surface area contributed by atoms with Gasteiger partial charge in [0, 0.05) is 17.8 Å². The summed E-state index contributed by atoms with van der Waals surface area (Å²) in [5.41, 5.74) is 0.386. The first-order valence-electron chi connectivity index (χ1n) is 8.55. The number of methoxy groups -OCH3 is 2. The number of alkyl halides is 3. The standard InChI is InChI=1S/C20H23F3N2O3/c1-13(19(26)24-16-10-8-15(9-11-16)20(21,22)23)25(2)12-14-6-5-7-17(27-3)18(14)28-4/h5-11,13H,12H2,1-4H3,(H,24,26)/t13-/m0/s1. The van der Waals surface area contributed by atoms with Gasteiger partial charge in [-0.2, -0.15) is 13.2 Å². The molecule has 2 rings (SSSR count). The number of para-hydroxylation sites is 1. The number of amides is 1. The Morgan fingerprint density at radius 1 is 1.11 bits per heavy atom. The highest BCUT2D eigenvalue weighted by molar-refractivity contribution is 5.94. The van der Waals surface area contributed by atoms with E-state index >= 15 is 0 Å². The molecule has 0 bridgehead atoms. The van der Waals surface area contributed by atoms with Crippen LogP contribution in [-0.2, 0) is 17.5 Å². The van der Waals surface area contributed by atoms with Gasteiger partial charge in [-0.05, 0) is 44.3 Å². The van der Waals surface area contributed by atoms with Gasteiger partial charge in [0.05, 0.1) is 25.8 Å². The molecule has 0 fully saturated rings. The highest BCUT2D eigenvalue weighted by Crippen LogP contribution is 2.32. The Morgan fingerprint density at radius 3 is 2.29 bits per heavy atom. The molecule has 2 aromatic carbocycles. The van der Waals surface area contributed by atoms with Gasteiger partial charge >= 0.3 is 6.18 Å². The molecule has 2 aromatic rings. The van der Waals surface area contributed by atoms with E-state index in [1.165, 1.54) is 12.1 Å². The van der Waals surface area contributed by atoms with Gasteiger partial charge in [0.1, 0.15) is 0 Å².